The zero-order valence-corrected chi connectivity index (χ0v) is 7.23. The van der Waals surface area contributed by atoms with E-state index in [-0.39, 0.29) is 11.9 Å². The summed E-state index contributed by atoms with van der Waals surface area (Å²) in [7, 11) is 1.39. The highest BCUT2D eigenvalue weighted by Crippen LogP contribution is 2.22. The quantitative estimate of drug-likeness (QED) is 0.562. The lowest BCUT2D eigenvalue weighted by molar-refractivity contribution is -0.141. The van der Waals surface area contributed by atoms with Crippen molar-refractivity contribution in [2.75, 3.05) is 7.11 Å². The first kappa shape index (κ1) is 7.98. The van der Waals surface area contributed by atoms with Crippen molar-refractivity contribution in [2.45, 2.75) is 0 Å². The fraction of sp³-hybridized carbons (Fsp3) is 0.200. The number of esters is 1. The van der Waals surface area contributed by atoms with Gasteiger partial charge >= 0.3 is 5.97 Å². The van der Waals surface area contributed by atoms with Gasteiger partial charge in [-0.15, -0.1) is 0 Å². The third-order valence-electron chi connectivity index (χ3n) is 2.09. The molecule has 0 unspecified atom stereocenters. The average Bonchev–Trinajstić information content (AvgIpc) is 2.63. The number of fused-ring (bicyclic) bond motifs is 1. The Kier molecular flexibility index (Phi) is 1.85. The van der Waals surface area contributed by atoms with Gasteiger partial charge in [0.05, 0.1) is 12.8 Å². The lowest BCUT2D eigenvalue weighted by Gasteiger charge is -2.14. The molecule has 0 amide bonds. The number of hydrogen-bond donors (Lipinski definition) is 0. The van der Waals surface area contributed by atoms with E-state index in [1.165, 1.54) is 7.11 Å². The molecule has 13 heavy (non-hydrogen) atoms. The van der Waals surface area contributed by atoms with Crippen molar-refractivity contribution in [1.29, 1.82) is 0 Å². The van der Waals surface area contributed by atoms with Crippen molar-refractivity contribution in [2.24, 2.45) is 10.9 Å². The number of carbonyl (C=O) groups is 1. The Bertz CT molecular complexity index is 361. The molecule has 0 saturated heterocycles. The Labute approximate surface area is 76.1 Å². The lowest BCUT2D eigenvalue weighted by atomic mass is 9.93. The molecule has 0 aromatic carbocycles. The van der Waals surface area contributed by atoms with Gasteiger partial charge in [-0.3, -0.25) is 9.79 Å². The largest absolute Gasteiger partial charge is 0.468 e. The van der Waals surface area contributed by atoms with Crippen LogP contribution in [0.4, 0.5) is 0 Å². The number of hydrogen-bond acceptors (Lipinski definition) is 3. The lowest BCUT2D eigenvalue weighted by Crippen LogP contribution is -2.24. The maximum absolute atomic E-state index is 11.3. The van der Waals surface area contributed by atoms with Gasteiger partial charge in [-0.05, 0) is 11.6 Å². The smallest absolute Gasteiger partial charge is 0.318 e. The van der Waals surface area contributed by atoms with E-state index in [0.29, 0.717) is 0 Å². The number of carbonyl (C=O) groups excluding carboxylic acids is 1. The second-order valence-electron chi connectivity index (χ2n) is 2.84. The van der Waals surface area contributed by atoms with Crippen LogP contribution in [0.25, 0.3) is 0 Å². The highest BCUT2D eigenvalue weighted by atomic mass is 16.5. The fourth-order valence-corrected chi connectivity index (χ4v) is 1.44. The molecular weight excluding hydrogens is 166 g/mol. The number of methoxy groups -OCH3 is 1. The third-order valence-corrected chi connectivity index (χ3v) is 2.09. The standard InChI is InChI=1S/C10H9NO2/c1-13-10(12)8-4-2-3-7-5-6-11-9(7)8/h2-6,8H,1H3/t8-/m1/s1. The number of ether oxygens (including phenoxy) is 1. The summed E-state index contributed by atoms with van der Waals surface area (Å²) in [6.45, 7) is 0. The van der Waals surface area contributed by atoms with Gasteiger partial charge in [0.15, 0.2) is 0 Å². The summed E-state index contributed by atoms with van der Waals surface area (Å²) in [4.78, 5) is 15.4. The van der Waals surface area contributed by atoms with E-state index < -0.39 is 0 Å². The molecule has 1 aliphatic heterocycles. The SMILES string of the molecule is COC(=O)[C@@H]1C=CC=C2C=CN=C21. The third kappa shape index (κ3) is 1.22. The number of allylic oxidation sites excluding steroid dienone is 4. The van der Waals surface area contributed by atoms with Gasteiger partial charge in [0, 0.05) is 6.20 Å². The van der Waals surface area contributed by atoms with Gasteiger partial charge in [-0.2, -0.15) is 0 Å². The zero-order valence-electron chi connectivity index (χ0n) is 7.23. The summed E-state index contributed by atoms with van der Waals surface area (Å²) >= 11 is 0. The average molecular weight is 175 g/mol. The minimum absolute atomic E-state index is 0.260. The molecular formula is C10H9NO2. The zero-order chi connectivity index (χ0) is 9.26. The van der Waals surface area contributed by atoms with Crippen molar-refractivity contribution in [3.8, 4) is 0 Å². The maximum atomic E-state index is 11.3. The fourth-order valence-electron chi connectivity index (χ4n) is 1.44. The number of aliphatic imine (C=N–C) groups is 1. The molecule has 66 valence electrons. The van der Waals surface area contributed by atoms with Gasteiger partial charge in [-0.1, -0.05) is 18.2 Å². The molecule has 3 heteroatoms. The van der Waals surface area contributed by atoms with E-state index in [1.807, 2.05) is 18.2 Å². The molecule has 1 aliphatic carbocycles. The molecule has 0 bridgehead atoms. The number of nitrogens with zero attached hydrogens (tertiary/aromatic N) is 1. The topological polar surface area (TPSA) is 38.7 Å². The summed E-state index contributed by atoms with van der Waals surface area (Å²) in [6, 6.07) is 0. The number of rotatable bonds is 1. The normalized spacial score (nSPS) is 23.6. The van der Waals surface area contributed by atoms with Crippen molar-refractivity contribution >= 4 is 11.7 Å². The summed E-state index contributed by atoms with van der Waals surface area (Å²) < 4.78 is 4.67. The monoisotopic (exact) mass is 175 g/mol. The van der Waals surface area contributed by atoms with Crippen molar-refractivity contribution in [3.05, 3.63) is 36.1 Å². The van der Waals surface area contributed by atoms with Crippen LogP contribution in [-0.2, 0) is 9.53 Å². The molecule has 0 fully saturated rings. The molecule has 2 rings (SSSR count). The van der Waals surface area contributed by atoms with Gasteiger partial charge in [-0.25, -0.2) is 0 Å². The Balaban J connectivity index is 2.30. The van der Waals surface area contributed by atoms with E-state index in [9.17, 15) is 4.79 Å². The second-order valence-corrected chi connectivity index (χ2v) is 2.84. The van der Waals surface area contributed by atoms with E-state index in [4.69, 9.17) is 0 Å². The molecule has 3 nitrogen and oxygen atoms in total. The Hall–Kier alpha value is -1.64. The molecule has 0 aromatic rings. The Morgan fingerprint density at radius 1 is 1.62 bits per heavy atom. The van der Waals surface area contributed by atoms with Crippen LogP contribution in [-0.4, -0.2) is 18.8 Å². The van der Waals surface area contributed by atoms with E-state index in [1.54, 1.807) is 12.3 Å². The van der Waals surface area contributed by atoms with Crippen molar-refractivity contribution < 1.29 is 9.53 Å². The molecule has 1 atom stereocenters. The van der Waals surface area contributed by atoms with Crippen LogP contribution in [0.2, 0.25) is 0 Å². The minimum Gasteiger partial charge on any atom is -0.468 e. The van der Waals surface area contributed by atoms with E-state index in [0.717, 1.165) is 11.3 Å². The summed E-state index contributed by atoms with van der Waals surface area (Å²) in [5, 5.41) is 0. The van der Waals surface area contributed by atoms with Gasteiger partial charge in [0.1, 0.15) is 5.92 Å². The van der Waals surface area contributed by atoms with Crippen LogP contribution in [0.5, 0.6) is 0 Å². The van der Waals surface area contributed by atoms with Crippen molar-refractivity contribution in [1.82, 2.24) is 0 Å². The minimum atomic E-state index is -0.333. The van der Waals surface area contributed by atoms with Gasteiger partial charge in [0.25, 0.3) is 0 Å². The first-order chi connectivity index (χ1) is 6.33. The predicted octanol–water partition coefficient (Wildman–Crippen LogP) is 1.24. The Morgan fingerprint density at radius 2 is 2.46 bits per heavy atom. The highest BCUT2D eigenvalue weighted by molar-refractivity contribution is 6.16. The highest BCUT2D eigenvalue weighted by Gasteiger charge is 2.27. The molecule has 0 N–H and O–H groups in total. The van der Waals surface area contributed by atoms with Crippen LogP contribution < -0.4 is 0 Å². The van der Waals surface area contributed by atoms with Crippen LogP contribution in [0.15, 0.2) is 41.1 Å². The second kappa shape index (κ2) is 3.01. The van der Waals surface area contributed by atoms with Crippen molar-refractivity contribution in [3.63, 3.8) is 0 Å². The predicted molar refractivity (Wildman–Crippen MR) is 49.3 cm³/mol. The summed E-state index contributed by atoms with van der Waals surface area (Å²) in [5.74, 6) is -0.593. The van der Waals surface area contributed by atoms with Crippen LogP contribution in [0, 0.1) is 5.92 Å². The van der Waals surface area contributed by atoms with Crippen LogP contribution in [0.3, 0.4) is 0 Å². The first-order valence-electron chi connectivity index (χ1n) is 4.04. The van der Waals surface area contributed by atoms with Gasteiger partial charge < -0.3 is 4.74 Å². The first-order valence-corrected chi connectivity index (χ1v) is 4.04. The van der Waals surface area contributed by atoms with Crippen LogP contribution >= 0.6 is 0 Å². The molecule has 0 radical (unpaired) electrons. The van der Waals surface area contributed by atoms with E-state index >= 15 is 0 Å². The Morgan fingerprint density at radius 3 is 3.23 bits per heavy atom. The maximum Gasteiger partial charge on any atom is 0.318 e. The van der Waals surface area contributed by atoms with Crippen LogP contribution in [0.1, 0.15) is 0 Å². The molecule has 0 aromatic heterocycles. The van der Waals surface area contributed by atoms with Gasteiger partial charge in [0.2, 0.25) is 0 Å². The molecule has 1 heterocycles. The molecule has 2 aliphatic rings. The summed E-state index contributed by atoms with van der Waals surface area (Å²) in [6.07, 6.45) is 9.16. The summed E-state index contributed by atoms with van der Waals surface area (Å²) in [5.41, 5.74) is 1.78. The molecule has 0 saturated carbocycles. The molecule has 0 spiro atoms. The van der Waals surface area contributed by atoms with E-state index in [2.05, 4.69) is 9.73 Å².